The molecule has 0 unspecified atom stereocenters. The van der Waals surface area contributed by atoms with E-state index in [-0.39, 0.29) is 18.4 Å². The molecule has 2 aliphatic carbocycles. The maximum atomic E-state index is 13.1. The molecule has 2 aromatic heterocycles. The first kappa shape index (κ1) is 21.4. The highest BCUT2D eigenvalue weighted by molar-refractivity contribution is 5.99. The standard InChI is InChI=1S/C26H32N6O2/c1-15-9-18-19(11-21(15)31(3)23(34)14-32-8-6-4-5-7-22(32)33)28-25(27-18)24-17-10-16-12-26(16,2)13-20(17)29-30-24/h9,11,16H,4-8,10,12-14H2,1-3H3,(H,27,28)(H,29,30)/t16-,26-/m1/s1. The molecule has 1 aromatic carbocycles. The van der Waals surface area contributed by atoms with E-state index in [1.54, 1.807) is 16.8 Å². The van der Waals surface area contributed by atoms with Gasteiger partial charge in [0.05, 0.1) is 11.0 Å². The van der Waals surface area contributed by atoms with E-state index < -0.39 is 0 Å². The van der Waals surface area contributed by atoms with Gasteiger partial charge in [0.2, 0.25) is 11.8 Å². The second-order valence-corrected chi connectivity index (χ2v) is 10.8. The summed E-state index contributed by atoms with van der Waals surface area (Å²) in [4.78, 5) is 37.1. The molecule has 1 saturated heterocycles. The maximum Gasteiger partial charge on any atom is 0.246 e. The molecule has 1 saturated carbocycles. The fourth-order valence-electron chi connectivity index (χ4n) is 5.89. The Morgan fingerprint density at radius 2 is 2.15 bits per heavy atom. The number of aromatic amines is 2. The SMILES string of the molecule is Cc1cc2[nH]c(-c3n[nH]c4c3C[C@@H]3C[C@]3(C)C4)nc2cc1N(C)C(=O)CN1CCCCCC1=O. The normalized spacial score (nSPS) is 24.0. The molecule has 0 radical (unpaired) electrons. The van der Waals surface area contributed by atoms with E-state index in [4.69, 9.17) is 4.98 Å². The molecule has 3 aromatic rings. The van der Waals surface area contributed by atoms with E-state index in [0.29, 0.717) is 18.4 Å². The highest BCUT2D eigenvalue weighted by Crippen LogP contribution is 2.59. The van der Waals surface area contributed by atoms with Gasteiger partial charge in [-0.15, -0.1) is 0 Å². The van der Waals surface area contributed by atoms with Gasteiger partial charge in [-0.3, -0.25) is 14.7 Å². The van der Waals surface area contributed by atoms with E-state index in [1.165, 1.54) is 17.7 Å². The molecule has 178 valence electrons. The first-order valence-electron chi connectivity index (χ1n) is 12.4. The van der Waals surface area contributed by atoms with Gasteiger partial charge in [0.15, 0.2) is 5.82 Å². The van der Waals surface area contributed by atoms with Crippen LogP contribution in [0, 0.1) is 18.3 Å². The van der Waals surface area contributed by atoms with Crippen molar-refractivity contribution in [1.82, 2.24) is 25.1 Å². The molecule has 3 heterocycles. The second kappa shape index (κ2) is 7.68. The Morgan fingerprint density at radius 1 is 1.29 bits per heavy atom. The van der Waals surface area contributed by atoms with Crippen LogP contribution in [0.2, 0.25) is 0 Å². The lowest BCUT2D eigenvalue weighted by molar-refractivity contribution is -0.134. The monoisotopic (exact) mass is 460 g/mol. The molecule has 6 rings (SSSR count). The first-order chi connectivity index (χ1) is 16.3. The smallest absolute Gasteiger partial charge is 0.246 e. The third-order valence-corrected chi connectivity index (χ3v) is 8.28. The number of rotatable bonds is 4. The largest absolute Gasteiger partial charge is 0.337 e. The molecule has 8 heteroatoms. The number of aryl methyl sites for hydroxylation is 1. The summed E-state index contributed by atoms with van der Waals surface area (Å²) in [5.74, 6) is 1.53. The Hall–Kier alpha value is -3.16. The Kier molecular flexibility index (Phi) is 4.83. The van der Waals surface area contributed by atoms with E-state index in [9.17, 15) is 9.59 Å². The van der Waals surface area contributed by atoms with Crippen LogP contribution in [-0.2, 0) is 22.4 Å². The number of H-pyrrole nitrogens is 2. The van der Waals surface area contributed by atoms with Gasteiger partial charge >= 0.3 is 0 Å². The van der Waals surface area contributed by atoms with Crippen molar-refractivity contribution in [2.75, 3.05) is 25.0 Å². The molecule has 2 fully saturated rings. The molecule has 2 N–H and O–H groups in total. The molecule has 0 bridgehead atoms. The number of aromatic nitrogens is 4. The Labute approximate surface area is 199 Å². The number of amides is 2. The Balaban J connectivity index is 1.26. The van der Waals surface area contributed by atoms with Crippen LogP contribution in [0.5, 0.6) is 0 Å². The first-order valence-corrected chi connectivity index (χ1v) is 12.4. The van der Waals surface area contributed by atoms with Crippen LogP contribution in [0.25, 0.3) is 22.6 Å². The summed E-state index contributed by atoms with van der Waals surface area (Å²) in [6.07, 6.45) is 6.87. The van der Waals surface area contributed by atoms with Gasteiger partial charge in [-0.05, 0) is 68.1 Å². The number of benzene rings is 1. The van der Waals surface area contributed by atoms with Crippen molar-refractivity contribution in [3.63, 3.8) is 0 Å². The van der Waals surface area contributed by atoms with Gasteiger partial charge < -0.3 is 14.8 Å². The van der Waals surface area contributed by atoms with Crippen molar-refractivity contribution in [3.8, 4) is 11.5 Å². The summed E-state index contributed by atoms with van der Waals surface area (Å²) in [5, 5.41) is 7.88. The number of fused-ring (bicyclic) bond motifs is 3. The van der Waals surface area contributed by atoms with Gasteiger partial charge in [0.1, 0.15) is 12.2 Å². The Bertz CT molecular complexity index is 1310. The summed E-state index contributed by atoms with van der Waals surface area (Å²) in [7, 11) is 1.78. The third-order valence-electron chi connectivity index (χ3n) is 8.28. The molecule has 0 spiro atoms. The maximum absolute atomic E-state index is 13.1. The van der Waals surface area contributed by atoms with Crippen LogP contribution in [0.4, 0.5) is 5.69 Å². The lowest BCUT2D eigenvalue weighted by Gasteiger charge is -2.25. The average molecular weight is 461 g/mol. The van der Waals surface area contributed by atoms with Gasteiger partial charge in [-0.1, -0.05) is 13.3 Å². The molecular formula is C26H32N6O2. The number of carbonyl (C=O) groups excluding carboxylic acids is 2. The number of likely N-dealkylation sites (tertiary alicyclic amines) is 1. The summed E-state index contributed by atoms with van der Waals surface area (Å²) in [6, 6.07) is 4.00. The van der Waals surface area contributed by atoms with E-state index in [1.807, 2.05) is 19.1 Å². The summed E-state index contributed by atoms with van der Waals surface area (Å²) >= 11 is 0. The lowest BCUT2D eigenvalue weighted by atomic mass is 9.88. The topological polar surface area (TPSA) is 98.0 Å². The predicted molar refractivity (Wildman–Crippen MR) is 130 cm³/mol. The number of imidazole rings is 1. The van der Waals surface area contributed by atoms with Crippen molar-refractivity contribution in [2.24, 2.45) is 11.3 Å². The number of carbonyl (C=O) groups is 2. The Morgan fingerprint density at radius 3 is 3.00 bits per heavy atom. The van der Waals surface area contributed by atoms with Gasteiger partial charge in [-0.25, -0.2) is 4.98 Å². The van der Waals surface area contributed by atoms with Crippen molar-refractivity contribution in [1.29, 1.82) is 0 Å². The molecule has 34 heavy (non-hydrogen) atoms. The minimum absolute atomic E-state index is 0.0808. The number of nitrogens with one attached hydrogen (secondary N) is 2. The number of hydrogen-bond acceptors (Lipinski definition) is 4. The van der Waals surface area contributed by atoms with Crippen LogP contribution >= 0.6 is 0 Å². The molecule has 1 aliphatic heterocycles. The van der Waals surface area contributed by atoms with Gasteiger partial charge in [0, 0.05) is 37.0 Å². The van der Waals surface area contributed by atoms with Crippen molar-refractivity contribution < 1.29 is 9.59 Å². The van der Waals surface area contributed by atoms with Gasteiger partial charge in [-0.2, -0.15) is 5.10 Å². The summed E-state index contributed by atoms with van der Waals surface area (Å²) in [5.41, 5.74) is 7.46. The number of anilines is 1. The van der Waals surface area contributed by atoms with Gasteiger partial charge in [0.25, 0.3) is 0 Å². The fourth-order valence-corrected chi connectivity index (χ4v) is 5.89. The number of nitrogens with zero attached hydrogens (tertiary/aromatic N) is 4. The molecule has 8 nitrogen and oxygen atoms in total. The van der Waals surface area contributed by atoms with Crippen LogP contribution in [0.1, 0.15) is 55.8 Å². The molecule has 2 amide bonds. The quantitative estimate of drug-likeness (QED) is 0.620. The fraction of sp³-hybridized carbons (Fsp3) is 0.538. The van der Waals surface area contributed by atoms with Crippen molar-refractivity contribution in [2.45, 2.75) is 58.8 Å². The second-order valence-electron chi connectivity index (χ2n) is 10.8. The average Bonchev–Trinajstić information content (AvgIpc) is 3.14. The van der Waals surface area contributed by atoms with Crippen LogP contribution in [0.15, 0.2) is 12.1 Å². The molecule has 3 aliphatic rings. The van der Waals surface area contributed by atoms with E-state index in [2.05, 4.69) is 22.1 Å². The lowest BCUT2D eigenvalue weighted by Crippen LogP contribution is -2.41. The van der Waals surface area contributed by atoms with Crippen LogP contribution < -0.4 is 4.90 Å². The highest BCUT2D eigenvalue weighted by Gasteiger charge is 2.53. The van der Waals surface area contributed by atoms with Crippen molar-refractivity contribution in [3.05, 3.63) is 29.0 Å². The minimum atomic E-state index is -0.0812. The zero-order valence-corrected chi connectivity index (χ0v) is 20.2. The molecule has 2 atom stereocenters. The predicted octanol–water partition coefficient (Wildman–Crippen LogP) is 3.75. The van der Waals surface area contributed by atoms with Crippen LogP contribution in [0.3, 0.4) is 0 Å². The highest BCUT2D eigenvalue weighted by atomic mass is 16.2. The zero-order valence-electron chi connectivity index (χ0n) is 20.2. The van der Waals surface area contributed by atoms with E-state index in [0.717, 1.165) is 71.8 Å². The van der Waals surface area contributed by atoms with Crippen LogP contribution in [-0.4, -0.2) is 57.0 Å². The van der Waals surface area contributed by atoms with Crippen molar-refractivity contribution >= 4 is 28.5 Å². The zero-order chi connectivity index (χ0) is 23.6. The summed E-state index contributed by atoms with van der Waals surface area (Å²) < 4.78 is 0. The summed E-state index contributed by atoms with van der Waals surface area (Å²) in [6.45, 7) is 5.15. The third kappa shape index (κ3) is 3.51. The number of hydrogen-bond donors (Lipinski definition) is 2. The van der Waals surface area contributed by atoms with E-state index >= 15 is 0 Å². The minimum Gasteiger partial charge on any atom is -0.337 e. The molecular weight excluding hydrogens is 428 g/mol. The number of likely N-dealkylation sites (N-methyl/N-ethyl adjacent to an activating group) is 1.